The molecule has 1 fully saturated rings. The Bertz CT molecular complexity index is 402. The molecule has 92 valence electrons. The van der Waals surface area contributed by atoms with E-state index in [9.17, 15) is 0 Å². The van der Waals surface area contributed by atoms with Crippen LogP contribution in [-0.4, -0.2) is 31.6 Å². The molecule has 17 heavy (non-hydrogen) atoms. The molecule has 0 aliphatic heterocycles. The van der Waals surface area contributed by atoms with Gasteiger partial charge in [0.05, 0.1) is 0 Å². The third-order valence-electron chi connectivity index (χ3n) is 4.53. The Morgan fingerprint density at radius 3 is 3.00 bits per heavy atom. The van der Waals surface area contributed by atoms with Gasteiger partial charge in [0.15, 0.2) is 0 Å². The third-order valence-corrected chi connectivity index (χ3v) is 4.53. The third kappa shape index (κ3) is 2.00. The molecule has 1 aromatic rings. The number of nitrogens with two attached hydrogens (primary N) is 1. The molecular formula is C15H22N2. The van der Waals surface area contributed by atoms with Crippen LogP contribution in [0.3, 0.4) is 0 Å². The molecule has 3 unspecified atom stereocenters. The molecule has 2 N–H and O–H groups in total. The predicted molar refractivity (Wildman–Crippen MR) is 71.0 cm³/mol. The van der Waals surface area contributed by atoms with Crippen LogP contribution in [-0.2, 0) is 6.42 Å². The maximum absolute atomic E-state index is 5.61. The highest BCUT2D eigenvalue weighted by molar-refractivity contribution is 5.39. The molecule has 0 amide bonds. The SMILES string of the molecule is CN(CCN)CC1C2CCc3ccccc3C21. The molecule has 0 spiro atoms. The minimum atomic E-state index is 0.773. The van der Waals surface area contributed by atoms with Gasteiger partial charge in [-0.3, -0.25) is 0 Å². The van der Waals surface area contributed by atoms with Crippen LogP contribution in [0.2, 0.25) is 0 Å². The van der Waals surface area contributed by atoms with Gasteiger partial charge < -0.3 is 10.6 Å². The van der Waals surface area contributed by atoms with E-state index < -0.39 is 0 Å². The van der Waals surface area contributed by atoms with E-state index >= 15 is 0 Å². The van der Waals surface area contributed by atoms with E-state index in [1.54, 1.807) is 11.1 Å². The Kier molecular flexibility index (Phi) is 2.93. The first-order valence-electron chi connectivity index (χ1n) is 6.77. The van der Waals surface area contributed by atoms with Crippen LogP contribution in [0.1, 0.15) is 23.5 Å². The zero-order chi connectivity index (χ0) is 11.8. The van der Waals surface area contributed by atoms with E-state index in [0.717, 1.165) is 30.8 Å². The van der Waals surface area contributed by atoms with Crippen LogP contribution in [0, 0.1) is 11.8 Å². The minimum absolute atomic E-state index is 0.773. The standard InChI is InChI=1S/C15H22N2/c1-17(9-8-16)10-14-13-7-6-11-4-2-3-5-12(11)15(13)14/h2-5,13-15H,6-10,16H2,1H3. The summed E-state index contributed by atoms with van der Waals surface area (Å²) in [4.78, 5) is 2.39. The van der Waals surface area contributed by atoms with Gasteiger partial charge in [-0.05, 0) is 48.8 Å². The lowest BCUT2D eigenvalue weighted by molar-refractivity contribution is 0.319. The van der Waals surface area contributed by atoms with Crippen LogP contribution >= 0.6 is 0 Å². The first-order valence-corrected chi connectivity index (χ1v) is 6.77. The van der Waals surface area contributed by atoms with Crippen LogP contribution in [0.4, 0.5) is 0 Å². The first kappa shape index (κ1) is 11.2. The van der Waals surface area contributed by atoms with Crippen molar-refractivity contribution in [2.75, 3.05) is 26.7 Å². The zero-order valence-electron chi connectivity index (χ0n) is 10.6. The lowest BCUT2D eigenvalue weighted by Crippen LogP contribution is -2.27. The number of nitrogens with zero attached hydrogens (tertiary/aromatic N) is 1. The molecule has 3 rings (SSSR count). The summed E-state index contributed by atoms with van der Waals surface area (Å²) in [7, 11) is 2.20. The van der Waals surface area contributed by atoms with Crippen molar-refractivity contribution in [2.45, 2.75) is 18.8 Å². The molecular weight excluding hydrogens is 208 g/mol. The Labute approximate surface area is 104 Å². The summed E-state index contributed by atoms with van der Waals surface area (Å²) in [6.07, 6.45) is 2.68. The predicted octanol–water partition coefficient (Wildman–Crippen LogP) is 1.85. The molecule has 1 saturated carbocycles. The molecule has 0 saturated heterocycles. The summed E-state index contributed by atoms with van der Waals surface area (Å²) in [6, 6.07) is 9.02. The van der Waals surface area contributed by atoms with Gasteiger partial charge in [0.25, 0.3) is 0 Å². The van der Waals surface area contributed by atoms with E-state index in [-0.39, 0.29) is 0 Å². The summed E-state index contributed by atoms with van der Waals surface area (Å²) in [5.74, 6) is 2.68. The van der Waals surface area contributed by atoms with Crippen LogP contribution in [0.15, 0.2) is 24.3 Å². The topological polar surface area (TPSA) is 29.3 Å². The summed E-state index contributed by atoms with van der Waals surface area (Å²) in [5, 5.41) is 0. The van der Waals surface area contributed by atoms with Crippen molar-refractivity contribution in [2.24, 2.45) is 17.6 Å². The smallest absolute Gasteiger partial charge is 0.0102 e. The Balaban J connectivity index is 1.70. The fourth-order valence-electron chi connectivity index (χ4n) is 3.63. The van der Waals surface area contributed by atoms with Crippen LogP contribution in [0.5, 0.6) is 0 Å². The van der Waals surface area contributed by atoms with Crippen molar-refractivity contribution in [3.05, 3.63) is 35.4 Å². The lowest BCUT2D eigenvalue weighted by Gasteiger charge is -2.15. The summed E-state index contributed by atoms with van der Waals surface area (Å²) >= 11 is 0. The number of rotatable bonds is 4. The second-order valence-electron chi connectivity index (χ2n) is 5.64. The van der Waals surface area contributed by atoms with Gasteiger partial charge in [0, 0.05) is 19.6 Å². The summed E-state index contributed by atoms with van der Waals surface area (Å²) < 4.78 is 0. The van der Waals surface area contributed by atoms with Crippen molar-refractivity contribution in [1.82, 2.24) is 4.90 Å². The number of aryl methyl sites for hydroxylation is 1. The highest BCUT2D eigenvalue weighted by atomic mass is 15.1. The fraction of sp³-hybridized carbons (Fsp3) is 0.600. The number of fused-ring (bicyclic) bond motifs is 3. The number of hydrogen-bond acceptors (Lipinski definition) is 2. The second kappa shape index (κ2) is 4.43. The molecule has 0 radical (unpaired) electrons. The number of benzene rings is 1. The van der Waals surface area contributed by atoms with Gasteiger partial charge in [-0.1, -0.05) is 24.3 Å². The van der Waals surface area contributed by atoms with Gasteiger partial charge in [-0.15, -0.1) is 0 Å². The maximum atomic E-state index is 5.61. The number of hydrogen-bond donors (Lipinski definition) is 1. The fourth-order valence-corrected chi connectivity index (χ4v) is 3.63. The van der Waals surface area contributed by atoms with Crippen LogP contribution < -0.4 is 5.73 Å². The molecule has 2 aliphatic carbocycles. The van der Waals surface area contributed by atoms with Crippen molar-refractivity contribution in [3.63, 3.8) is 0 Å². The Morgan fingerprint density at radius 1 is 1.35 bits per heavy atom. The normalized spacial score (nSPS) is 29.9. The number of likely N-dealkylation sites (N-methyl/N-ethyl adjacent to an activating group) is 1. The average Bonchev–Trinajstić information content (AvgIpc) is 3.03. The second-order valence-corrected chi connectivity index (χ2v) is 5.64. The largest absolute Gasteiger partial charge is 0.329 e. The minimum Gasteiger partial charge on any atom is -0.329 e. The molecule has 0 aromatic heterocycles. The summed E-state index contributed by atoms with van der Waals surface area (Å²) in [6.45, 7) is 3.02. The van der Waals surface area contributed by atoms with Gasteiger partial charge in [-0.25, -0.2) is 0 Å². The van der Waals surface area contributed by atoms with Crippen molar-refractivity contribution in [1.29, 1.82) is 0 Å². The van der Waals surface area contributed by atoms with Gasteiger partial charge in [0.1, 0.15) is 0 Å². The highest BCUT2D eigenvalue weighted by Crippen LogP contribution is 2.59. The van der Waals surface area contributed by atoms with Crippen molar-refractivity contribution >= 4 is 0 Å². The molecule has 2 aliphatic rings. The zero-order valence-corrected chi connectivity index (χ0v) is 10.6. The van der Waals surface area contributed by atoms with Crippen molar-refractivity contribution < 1.29 is 0 Å². The summed E-state index contributed by atoms with van der Waals surface area (Å²) in [5.41, 5.74) is 8.84. The first-order chi connectivity index (χ1) is 8.31. The molecule has 0 bridgehead atoms. The van der Waals surface area contributed by atoms with E-state index in [0.29, 0.717) is 0 Å². The molecule has 3 atom stereocenters. The van der Waals surface area contributed by atoms with Gasteiger partial charge >= 0.3 is 0 Å². The lowest BCUT2D eigenvalue weighted by atomic mass is 9.92. The van der Waals surface area contributed by atoms with E-state index in [1.807, 2.05) is 0 Å². The Morgan fingerprint density at radius 2 is 2.18 bits per heavy atom. The average molecular weight is 230 g/mol. The van der Waals surface area contributed by atoms with Gasteiger partial charge in [-0.2, -0.15) is 0 Å². The maximum Gasteiger partial charge on any atom is 0.0102 e. The molecule has 2 nitrogen and oxygen atoms in total. The van der Waals surface area contributed by atoms with E-state index in [4.69, 9.17) is 5.73 Å². The molecule has 0 heterocycles. The van der Waals surface area contributed by atoms with Crippen LogP contribution in [0.25, 0.3) is 0 Å². The highest BCUT2D eigenvalue weighted by Gasteiger charge is 2.52. The molecule has 1 aromatic carbocycles. The van der Waals surface area contributed by atoms with E-state index in [1.165, 1.54) is 19.4 Å². The Hall–Kier alpha value is -0.860. The van der Waals surface area contributed by atoms with Crippen molar-refractivity contribution in [3.8, 4) is 0 Å². The monoisotopic (exact) mass is 230 g/mol. The van der Waals surface area contributed by atoms with Gasteiger partial charge in [0.2, 0.25) is 0 Å². The van der Waals surface area contributed by atoms with E-state index in [2.05, 4.69) is 36.2 Å². The quantitative estimate of drug-likeness (QED) is 0.855. The molecule has 2 heteroatoms.